The van der Waals surface area contributed by atoms with Crippen LogP contribution in [0, 0.1) is 6.42 Å². The molecule has 0 unspecified atom stereocenters. The van der Waals surface area contributed by atoms with E-state index in [1.165, 1.54) is 18.4 Å². The van der Waals surface area contributed by atoms with Crippen LogP contribution in [0.25, 0.3) is 0 Å². The summed E-state index contributed by atoms with van der Waals surface area (Å²) >= 11 is 0. The summed E-state index contributed by atoms with van der Waals surface area (Å²) in [5, 5.41) is 0. The van der Waals surface area contributed by atoms with Gasteiger partial charge in [-0.1, -0.05) is 20.3 Å². The molecule has 0 saturated carbocycles. The van der Waals surface area contributed by atoms with Crippen molar-refractivity contribution in [3.8, 4) is 0 Å². The molecule has 0 spiro atoms. The Morgan fingerprint density at radius 2 is 2.25 bits per heavy atom. The Bertz CT molecular complexity index is 213. The molecule has 12 heavy (non-hydrogen) atoms. The van der Waals surface area contributed by atoms with Crippen molar-refractivity contribution in [2.24, 2.45) is 0 Å². The number of furan rings is 1. The Labute approximate surface area is 74.8 Å². The van der Waals surface area contributed by atoms with Crippen LogP contribution >= 0.6 is 0 Å². The summed E-state index contributed by atoms with van der Waals surface area (Å²) in [7, 11) is 0. The zero-order chi connectivity index (χ0) is 8.81. The molecule has 1 radical (unpaired) electrons. The van der Waals surface area contributed by atoms with Gasteiger partial charge >= 0.3 is 0 Å². The van der Waals surface area contributed by atoms with Gasteiger partial charge in [0.2, 0.25) is 0 Å². The Hall–Kier alpha value is -0.720. The first kappa shape index (κ1) is 9.37. The van der Waals surface area contributed by atoms with Gasteiger partial charge in [-0.2, -0.15) is 0 Å². The van der Waals surface area contributed by atoms with Gasteiger partial charge in [-0.15, -0.1) is 0 Å². The molecule has 0 N–H and O–H groups in total. The molecule has 1 aromatic rings. The van der Waals surface area contributed by atoms with Crippen LogP contribution in [0.1, 0.15) is 44.4 Å². The van der Waals surface area contributed by atoms with Crippen molar-refractivity contribution >= 4 is 0 Å². The van der Waals surface area contributed by atoms with E-state index in [9.17, 15) is 0 Å². The predicted octanol–water partition coefficient (Wildman–Crippen LogP) is 3.58. The molecule has 0 fully saturated rings. The van der Waals surface area contributed by atoms with E-state index < -0.39 is 0 Å². The van der Waals surface area contributed by atoms with E-state index >= 15 is 0 Å². The zero-order valence-electron chi connectivity index (χ0n) is 7.97. The quantitative estimate of drug-likeness (QED) is 0.650. The predicted molar refractivity (Wildman–Crippen MR) is 51.0 cm³/mol. The first-order valence-corrected chi connectivity index (χ1v) is 4.77. The molecule has 0 aliphatic heterocycles. The summed E-state index contributed by atoms with van der Waals surface area (Å²) in [6.07, 6.45) is 8.67. The van der Waals surface area contributed by atoms with Crippen molar-refractivity contribution < 1.29 is 4.42 Å². The molecule has 0 bridgehead atoms. The van der Waals surface area contributed by atoms with Crippen molar-refractivity contribution in [1.82, 2.24) is 0 Å². The van der Waals surface area contributed by atoms with Crippen molar-refractivity contribution in [3.05, 3.63) is 30.1 Å². The molecule has 1 heterocycles. The van der Waals surface area contributed by atoms with Crippen LogP contribution in [0.3, 0.4) is 0 Å². The lowest BCUT2D eigenvalue weighted by molar-refractivity contribution is 0.533. The minimum atomic E-state index is 1.02. The van der Waals surface area contributed by atoms with Gasteiger partial charge in [-0.3, -0.25) is 0 Å². The third kappa shape index (κ3) is 2.72. The summed E-state index contributed by atoms with van der Waals surface area (Å²) in [5.41, 5.74) is 1.33. The molecular formula is C11H17O. The topological polar surface area (TPSA) is 13.1 Å². The minimum Gasteiger partial charge on any atom is -0.469 e. The Morgan fingerprint density at radius 3 is 2.92 bits per heavy atom. The number of hydrogen-bond donors (Lipinski definition) is 0. The van der Waals surface area contributed by atoms with E-state index in [1.54, 1.807) is 0 Å². The van der Waals surface area contributed by atoms with Crippen LogP contribution in [0.2, 0.25) is 0 Å². The smallest absolute Gasteiger partial charge is 0.107 e. The van der Waals surface area contributed by atoms with Crippen molar-refractivity contribution in [3.63, 3.8) is 0 Å². The highest BCUT2D eigenvalue weighted by Gasteiger charge is 1.99. The van der Waals surface area contributed by atoms with Gasteiger partial charge in [-0.25, -0.2) is 0 Å². The Balaban J connectivity index is 2.41. The highest BCUT2D eigenvalue weighted by atomic mass is 16.3. The number of aryl methyl sites for hydroxylation is 1. The third-order valence-electron chi connectivity index (χ3n) is 1.90. The second kappa shape index (κ2) is 5.02. The monoisotopic (exact) mass is 165 g/mol. The second-order valence-corrected chi connectivity index (χ2v) is 3.07. The first-order valence-electron chi connectivity index (χ1n) is 4.77. The lowest BCUT2D eigenvalue weighted by Gasteiger charge is -1.90. The van der Waals surface area contributed by atoms with Crippen LogP contribution in [0.15, 0.2) is 16.7 Å². The molecular weight excluding hydrogens is 148 g/mol. The average Bonchev–Trinajstić information content (AvgIpc) is 2.50. The lowest BCUT2D eigenvalue weighted by Crippen LogP contribution is -1.79. The number of rotatable bonds is 5. The lowest BCUT2D eigenvalue weighted by atomic mass is 10.1. The largest absolute Gasteiger partial charge is 0.469 e. The van der Waals surface area contributed by atoms with E-state index in [0.29, 0.717) is 0 Å². The normalized spacial score (nSPS) is 10.5. The van der Waals surface area contributed by atoms with E-state index in [4.69, 9.17) is 4.42 Å². The molecule has 0 aliphatic carbocycles. The Morgan fingerprint density at radius 1 is 1.42 bits per heavy atom. The number of hydrogen-bond acceptors (Lipinski definition) is 1. The van der Waals surface area contributed by atoms with Gasteiger partial charge in [0.05, 0.1) is 6.26 Å². The SMILES string of the molecule is CC[CH]c1cc(CCCC)co1. The van der Waals surface area contributed by atoms with E-state index in [2.05, 4.69) is 26.3 Å². The maximum absolute atomic E-state index is 5.35. The molecule has 0 aromatic carbocycles. The standard InChI is InChI=1S/C11H17O/c1-3-5-7-10-8-11(6-4-2)12-9-10/h6,8-9H,3-5,7H2,1-2H3. The van der Waals surface area contributed by atoms with Gasteiger partial charge in [0.1, 0.15) is 5.76 Å². The van der Waals surface area contributed by atoms with E-state index in [0.717, 1.165) is 18.6 Å². The van der Waals surface area contributed by atoms with Crippen LogP contribution in [0.5, 0.6) is 0 Å². The molecule has 67 valence electrons. The molecule has 1 heteroatoms. The van der Waals surface area contributed by atoms with Crippen molar-refractivity contribution in [2.45, 2.75) is 39.5 Å². The fourth-order valence-corrected chi connectivity index (χ4v) is 1.21. The van der Waals surface area contributed by atoms with Gasteiger partial charge < -0.3 is 4.42 Å². The molecule has 1 nitrogen and oxygen atoms in total. The zero-order valence-corrected chi connectivity index (χ0v) is 7.97. The molecule has 0 saturated heterocycles. The second-order valence-electron chi connectivity index (χ2n) is 3.07. The maximum atomic E-state index is 5.35. The molecule has 0 aliphatic rings. The van der Waals surface area contributed by atoms with E-state index in [-0.39, 0.29) is 0 Å². The Kier molecular flexibility index (Phi) is 3.92. The summed E-state index contributed by atoms with van der Waals surface area (Å²) in [6, 6.07) is 2.14. The molecule has 0 atom stereocenters. The van der Waals surface area contributed by atoms with Crippen molar-refractivity contribution in [2.75, 3.05) is 0 Å². The average molecular weight is 165 g/mol. The summed E-state index contributed by atoms with van der Waals surface area (Å²) in [4.78, 5) is 0. The summed E-state index contributed by atoms with van der Waals surface area (Å²) < 4.78 is 5.35. The van der Waals surface area contributed by atoms with E-state index in [1.807, 2.05) is 6.26 Å². The van der Waals surface area contributed by atoms with Crippen LogP contribution < -0.4 is 0 Å². The number of unbranched alkanes of at least 4 members (excludes halogenated alkanes) is 1. The fraction of sp³-hybridized carbons (Fsp3) is 0.545. The molecule has 1 rings (SSSR count). The van der Waals surface area contributed by atoms with Gasteiger partial charge in [-0.05, 0) is 30.9 Å². The summed E-state index contributed by atoms with van der Waals surface area (Å²) in [5.74, 6) is 1.02. The highest BCUT2D eigenvalue weighted by Crippen LogP contribution is 2.13. The minimum absolute atomic E-state index is 1.02. The molecule has 0 amide bonds. The van der Waals surface area contributed by atoms with Gasteiger partial charge in [0.15, 0.2) is 0 Å². The van der Waals surface area contributed by atoms with Crippen LogP contribution in [0.4, 0.5) is 0 Å². The first-order chi connectivity index (χ1) is 5.86. The molecule has 1 aromatic heterocycles. The highest BCUT2D eigenvalue weighted by molar-refractivity contribution is 5.18. The summed E-state index contributed by atoms with van der Waals surface area (Å²) in [6.45, 7) is 4.33. The fourth-order valence-electron chi connectivity index (χ4n) is 1.21. The van der Waals surface area contributed by atoms with Gasteiger partial charge in [0.25, 0.3) is 0 Å². The van der Waals surface area contributed by atoms with Crippen molar-refractivity contribution in [1.29, 1.82) is 0 Å². The maximum Gasteiger partial charge on any atom is 0.107 e. The third-order valence-corrected chi connectivity index (χ3v) is 1.90. The van der Waals surface area contributed by atoms with Crippen LogP contribution in [-0.4, -0.2) is 0 Å². The van der Waals surface area contributed by atoms with Crippen LogP contribution in [-0.2, 0) is 6.42 Å². The van der Waals surface area contributed by atoms with Gasteiger partial charge in [0, 0.05) is 6.42 Å².